The average Bonchev–Trinajstić information content (AvgIpc) is 2.89. The van der Waals surface area contributed by atoms with Crippen LogP contribution < -0.4 is 5.32 Å². The van der Waals surface area contributed by atoms with Gasteiger partial charge < -0.3 is 10.2 Å². The molecular formula is C26H29N5O4. The summed E-state index contributed by atoms with van der Waals surface area (Å²) in [6.45, 7) is 4.33. The molecule has 1 saturated heterocycles. The van der Waals surface area contributed by atoms with Crippen LogP contribution in [-0.4, -0.2) is 65.1 Å². The van der Waals surface area contributed by atoms with Crippen LogP contribution in [-0.2, 0) is 11.4 Å². The third-order valence-corrected chi connectivity index (χ3v) is 6.06. The van der Waals surface area contributed by atoms with Crippen molar-refractivity contribution >= 4 is 5.91 Å². The van der Waals surface area contributed by atoms with Gasteiger partial charge in [-0.2, -0.15) is 0 Å². The maximum atomic E-state index is 12.1. The highest BCUT2D eigenvalue weighted by Crippen LogP contribution is 2.29. The standard InChI is InChI=1S/C26H29N5O4/c32-26(27-13-18-35-31(33)34)23-11-12-24(28-19-23)20-29-14-16-30(17-15-29)25(21-7-3-1-4-8-21)22-9-5-2-6-10-22/h1-12,19,25H,13-18,20H2,(H,27,32). The predicted molar refractivity (Wildman–Crippen MR) is 131 cm³/mol. The molecule has 0 unspecified atom stereocenters. The summed E-state index contributed by atoms with van der Waals surface area (Å²) in [6, 6.07) is 25.1. The molecule has 9 heteroatoms. The van der Waals surface area contributed by atoms with Gasteiger partial charge in [0.2, 0.25) is 0 Å². The average molecular weight is 476 g/mol. The van der Waals surface area contributed by atoms with Gasteiger partial charge in [-0.1, -0.05) is 60.7 Å². The number of rotatable bonds is 10. The lowest BCUT2D eigenvalue weighted by atomic mass is 9.96. The highest BCUT2D eigenvalue weighted by atomic mass is 16.9. The zero-order valence-electron chi connectivity index (χ0n) is 19.5. The van der Waals surface area contributed by atoms with Crippen molar-refractivity contribution in [2.75, 3.05) is 39.3 Å². The predicted octanol–water partition coefficient (Wildman–Crippen LogP) is 2.93. The Bertz CT molecular complexity index is 1050. The molecule has 0 atom stereocenters. The summed E-state index contributed by atoms with van der Waals surface area (Å²) in [7, 11) is 0. The summed E-state index contributed by atoms with van der Waals surface area (Å²) >= 11 is 0. The molecule has 0 spiro atoms. The van der Waals surface area contributed by atoms with Gasteiger partial charge in [0.25, 0.3) is 11.0 Å². The lowest BCUT2D eigenvalue weighted by molar-refractivity contribution is -0.757. The van der Waals surface area contributed by atoms with Crippen LogP contribution in [0.3, 0.4) is 0 Å². The minimum absolute atomic E-state index is 0.0544. The van der Waals surface area contributed by atoms with Crippen LogP contribution in [0.4, 0.5) is 0 Å². The van der Waals surface area contributed by atoms with Gasteiger partial charge in [-0.05, 0) is 23.3 Å². The molecule has 1 N–H and O–H groups in total. The van der Waals surface area contributed by atoms with Gasteiger partial charge >= 0.3 is 0 Å². The van der Waals surface area contributed by atoms with Gasteiger partial charge in [0.1, 0.15) is 6.61 Å². The molecule has 4 rings (SSSR count). The zero-order valence-corrected chi connectivity index (χ0v) is 19.5. The fraction of sp³-hybridized carbons (Fsp3) is 0.308. The molecule has 1 aliphatic rings. The summed E-state index contributed by atoms with van der Waals surface area (Å²) in [5, 5.41) is 11.8. The number of benzene rings is 2. The van der Waals surface area contributed by atoms with Crippen LogP contribution in [0.2, 0.25) is 0 Å². The minimum Gasteiger partial charge on any atom is -0.350 e. The quantitative estimate of drug-likeness (QED) is 0.273. The topological polar surface area (TPSA) is 101 Å². The van der Waals surface area contributed by atoms with Crippen LogP contribution >= 0.6 is 0 Å². The van der Waals surface area contributed by atoms with E-state index in [1.807, 2.05) is 6.07 Å². The Morgan fingerprint density at radius 3 is 2.14 bits per heavy atom. The first kappa shape index (κ1) is 24.3. The van der Waals surface area contributed by atoms with Gasteiger partial charge in [-0.15, -0.1) is 10.1 Å². The van der Waals surface area contributed by atoms with E-state index < -0.39 is 5.09 Å². The molecule has 2 heterocycles. The first-order valence-corrected chi connectivity index (χ1v) is 11.7. The first-order chi connectivity index (χ1) is 17.1. The van der Waals surface area contributed by atoms with Crippen molar-refractivity contribution < 1.29 is 14.7 Å². The third-order valence-electron chi connectivity index (χ3n) is 6.06. The van der Waals surface area contributed by atoms with Gasteiger partial charge in [-0.25, -0.2) is 0 Å². The van der Waals surface area contributed by atoms with E-state index in [1.54, 1.807) is 6.07 Å². The second-order valence-corrected chi connectivity index (χ2v) is 8.39. The Labute approximate surface area is 204 Å². The smallest absolute Gasteiger partial charge is 0.294 e. The van der Waals surface area contributed by atoms with Crippen molar-refractivity contribution in [3.8, 4) is 0 Å². The lowest BCUT2D eigenvalue weighted by Gasteiger charge is -2.39. The van der Waals surface area contributed by atoms with Crippen LogP contribution in [0.1, 0.15) is 33.2 Å². The highest BCUT2D eigenvalue weighted by molar-refractivity contribution is 5.93. The largest absolute Gasteiger partial charge is 0.350 e. The van der Waals surface area contributed by atoms with Crippen LogP contribution in [0.5, 0.6) is 0 Å². The zero-order chi connectivity index (χ0) is 24.5. The molecule has 35 heavy (non-hydrogen) atoms. The van der Waals surface area contributed by atoms with Crippen LogP contribution in [0.25, 0.3) is 0 Å². The van der Waals surface area contributed by atoms with E-state index in [0.717, 1.165) is 31.9 Å². The summed E-state index contributed by atoms with van der Waals surface area (Å²) in [5.74, 6) is -0.336. The monoisotopic (exact) mass is 475 g/mol. The Kier molecular flexibility index (Phi) is 8.37. The molecule has 3 aromatic rings. The molecule has 182 valence electrons. The van der Waals surface area contributed by atoms with Crippen LogP contribution in [0.15, 0.2) is 79.0 Å². The maximum Gasteiger partial charge on any atom is 0.294 e. The maximum absolute atomic E-state index is 12.1. The number of amides is 1. The summed E-state index contributed by atoms with van der Waals surface area (Å²) in [4.78, 5) is 35.8. The van der Waals surface area contributed by atoms with Gasteiger partial charge in [0.05, 0.1) is 17.3 Å². The van der Waals surface area contributed by atoms with Crippen molar-refractivity contribution in [1.29, 1.82) is 0 Å². The van der Waals surface area contributed by atoms with E-state index in [-0.39, 0.29) is 25.1 Å². The van der Waals surface area contributed by atoms with Gasteiger partial charge in [0.15, 0.2) is 0 Å². The van der Waals surface area contributed by atoms with Crippen molar-refractivity contribution in [1.82, 2.24) is 20.1 Å². The SMILES string of the molecule is O=C(NCCO[N+](=O)[O-])c1ccc(CN2CCN(C(c3ccccc3)c3ccccc3)CC2)nc1. The molecule has 0 bridgehead atoms. The normalized spacial score (nSPS) is 14.5. The molecule has 0 saturated carbocycles. The lowest BCUT2D eigenvalue weighted by Crippen LogP contribution is -2.47. The van der Waals surface area contributed by atoms with Gasteiger partial charge in [-0.3, -0.25) is 19.6 Å². The molecule has 0 aliphatic carbocycles. The Morgan fingerprint density at radius 1 is 0.971 bits per heavy atom. The van der Waals surface area contributed by atoms with Crippen molar-refractivity contribution in [3.05, 3.63) is 111 Å². The van der Waals surface area contributed by atoms with E-state index in [9.17, 15) is 14.9 Å². The first-order valence-electron chi connectivity index (χ1n) is 11.7. The van der Waals surface area contributed by atoms with E-state index >= 15 is 0 Å². The fourth-order valence-electron chi connectivity index (χ4n) is 4.33. The van der Waals surface area contributed by atoms with E-state index in [1.165, 1.54) is 17.3 Å². The molecular weight excluding hydrogens is 446 g/mol. The molecule has 1 aliphatic heterocycles. The van der Waals surface area contributed by atoms with Crippen molar-refractivity contribution in [2.24, 2.45) is 0 Å². The third kappa shape index (κ3) is 6.84. The van der Waals surface area contributed by atoms with Gasteiger partial charge in [0, 0.05) is 45.5 Å². The number of nitrogens with one attached hydrogen (secondary N) is 1. The van der Waals surface area contributed by atoms with E-state index in [4.69, 9.17) is 0 Å². The number of nitrogens with zero attached hydrogens (tertiary/aromatic N) is 4. The fourth-order valence-corrected chi connectivity index (χ4v) is 4.33. The summed E-state index contributed by atoms with van der Waals surface area (Å²) < 4.78 is 0. The summed E-state index contributed by atoms with van der Waals surface area (Å²) in [6.07, 6.45) is 1.54. The summed E-state index contributed by atoms with van der Waals surface area (Å²) in [5.41, 5.74) is 3.91. The molecule has 1 fully saturated rings. The highest BCUT2D eigenvalue weighted by Gasteiger charge is 2.26. The molecule has 1 aromatic heterocycles. The Morgan fingerprint density at radius 2 is 1.60 bits per heavy atom. The number of piperazine rings is 1. The molecule has 2 aromatic carbocycles. The van der Waals surface area contributed by atoms with E-state index in [0.29, 0.717) is 12.1 Å². The van der Waals surface area contributed by atoms with Crippen molar-refractivity contribution in [2.45, 2.75) is 12.6 Å². The number of aromatic nitrogens is 1. The second-order valence-electron chi connectivity index (χ2n) is 8.39. The Hall–Kier alpha value is -3.82. The molecule has 9 nitrogen and oxygen atoms in total. The van der Waals surface area contributed by atoms with Crippen LogP contribution in [0, 0.1) is 10.1 Å². The Balaban J connectivity index is 1.31. The number of carbonyl (C=O) groups excluding carboxylic acids is 1. The van der Waals surface area contributed by atoms with E-state index in [2.05, 4.69) is 85.6 Å². The minimum atomic E-state index is -0.883. The molecule has 1 amide bonds. The number of hydrogen-bond acceptors (Lipinski definition) is 7. The second kappa shape index (κ2) is 12.0. The molecule has 0 radical (unpaired) electrons. The number of pyridine rings is 1. The van der Waals surface area contributed by atoms with Crippen molar-refractivity contribution in [3.63, 3.8) is 0 Å². The number of carbonyl (C=O) groups is 1. The number of hydrogen-bond donors (Lipinski definition) is 1.